The molecule has 0 heterocycles. The minimum Gasteiger partial charge on any atom is -0.354 e. The van der Waals surface area contributed by atoms with Gasteiger partial charge < -0.3 is 10.2 Å². The Balaban J connectivity index is 2.10. The smallest absolute Gasteiger partial charge is 0.244 e. The highest BCUT2D eigenvalue weighted by atomic mass is 35.5. The highest BCUT2D eigenvalue weighted by Gasteiger charge is 2.33. The maximum atomic E-state index is 14.1. The van der Waals surface area contributed by atoms with E-state index in [-0.39, 0.29) is 34.6 Å². The van der Waals surface area contributed by atoms with Gasteiger partial charge in [0.2, 0.25) is 21.8 Å². The number of rotatable bonds is 13. The van der Waals surface area contributed by atoms with Crippen molar-refractivity contribution in [2.75, 3.05) is 23.7 Å². The molecule has 3 aromatic carbocycles. The molecule has 0 aliphatic carbocycles. The molecule has 1 unspecified atom stereocenters. The second-order valence-electron chi connectivity index (χ2n) is 9.47. The van der Waals surface area contributed by atoms with Crippen LogP contribution in [0, 0.1) is 0 Å². The zero-order valence-electron chi connectivity index (χ0n) is 22.6. The second-order valence-corrected chi connectivity index (χ2v) is 13.1. The Morgan fingerprint density at radius 2 is 1.51 bits per heavy atom. The first kappa shape index (κ1) is 33.0. The summed E-state index contributed by atoms with van der Waals surface area (Å²) < 4.78 is 26.7. The number of sulfonamides is 1. The Kier molecular flexibility index (Phi) is 12.2. The van der Waals surface area contributed by atoms with Crippen LogP contribution in [0.25, 0.3) is 0 Å². The molecule has 0 bridgehead atoms. The number of unbranched alkanes of at least 4 members (excludes halogenated alkanes) is 1. The van der Waals surface area contributed by atoms with Crippen molar-refractivity contribution >= 4 is 73.9 Å². The van der Waals surface area contributed by atoms with E-state index in [9.17, 15) is 18.0 Å². The fraction of sp³-hybridized carbons (Fsp3) is 0.310. The van der Waals surface area contributed by atoms with E-state index in [0.717, 1.165) is 29.0 Å². The molecule has 1 N–H and O–H groups in total. The molecule has 220 valence electrons. The normalized spacial score (nSPS) is 12.0. The number of halogens is 4. The number of hydrogen-bond donors (Lipinski definition) is 1. The number of anilines is 1. The average Bonchev–Trinajstić information content (AvgIpc) is 2.90. The van der Waals surface area contributed by atoms with E-state index in [1.807, 2.05) is 37.3 Å². The van der Waals surface area contributed by atoms with Gasteiger partial charge in [-0.2, -0.15) is 0 Å². The molecular formula is C29H31Cl4N3O4S. The van der Waals surface area contributed by atoms with Gasteiger partial charge in [0.1, 0.15) is 12.6 Å². The third-order valence-electron chi connectivity index (χ3n) is 6.31. The van der Waals surface area contributed by atoms with Crippen LogP contribution in [0.5, 0.6) is 0 Å². The zero-order chi connectivity index (χ0) is 30.2. The lowest BCUT2D eigenvalue weighted by Gasteiger charge is -2.34. The van der Waals surface area contributed by atoms with Crippen LogP contribution >= 0.6 is 46.4 Å². The summed E-state index contributed by atoms with van der Waals surface area (Å²) >= 11 is 25.2. The number of carbonyl (C=O) groups excluding carboxylic acids is 2. The standard InChI is InChI=1S/C29H31Cl4N3O4S/c1-3-4-13-34-29(38)27(14-20-9-6-5-7-10-20)35(18-24-25(32)11-8-12-26(24)33)28(37)19-36(41(2,39)40)23-16-21(30)15-22(31)17-23/h5-12,15-17,27H,3-4,13-14,18-19H2,1-2H3,(H,34,38). The van der Waals surface area contributed by atoms with Crippen molar-refractivity contribution in [3.8, 4) is 0 Å². The molecule has 3 aromatic rings. The molecule has 0 radical (unpaired) electrons. The first-order valence-corrected chi connectivity index (χ1v) is 16.2. The van der Waals surface area contributed by atoms with Crippen LogP contribution in [-0.4, -0.2) is 50.5 Å². The third-order valence-corrected chi connectivity index (χ3v) is 8.59. The molecule has 41 heavy (non-hydrogen) atoms. The van der Waals surface area contributed by atoms with Crippen molar-refractivity contribution in [3.05, 3.63) is 97.9 Å². The quantitative estimate of drug-likeness (QED) is 0.209. The van der Waals surface area contributed by atoms with E-state index in [1.165, 1.54) is 23.1 Å². The minimum atomic E-state index is -3.98. The van der Waals surface area contributed by atoms with E-state index in [2.05, 4.69) is 5.32 Å². The molecule has 3 rings (SSSR count). The van der Waals surface area contributed by atoms with Gasteiger partial charge in [0.25, 0.3) is 0 Å². The summed E-state index contributed by atoms with van der Waals surface area (Å²) in [5, 5.41) is 3.93. The first-order chi connectivity index (χ1) is 19.4. The van der Waals surface area contributed by atoms with Crippen molar-refractivity contribution < 1.29 is 18.0 Å². The Morgan fingerprint density at radius 3 is 2.07 bits per heavy atom. The van der Waals surface area contributed by atoms with Crippen molar-refractivity contribution in [2.45, 2.75) is 38.8 Å². The highest BCUT2D eigenvalue weighted by molar-refractivity contribution is 7.92. The summed E-state index contributed by atoms with van der Waals surface area (Å²) in [5.41, 5.74) is 1.36. The summed E-state index contributed by atoms with van der Waals surface area (Å²) in [5.74, 6) is -1.02. The van der Waals surface area contributed by atoms with E-state index in [0.29, 0.717) is 22.2 Å². The predicted molar refractivity (Wildman–Crippen MR) is 168 cm³/mol. The molecule has 1 atom stereocenters. The molecule has 2 amide bonds. The monoisotopic (exact) mass is 657 g/mol. The second kappa shape index (κ2) is 15.1. The van der Waals surface area contributed by atoms with Crippen LogP contribution in [0.2, 0.25) is 20.1 Å². The van der Waals surface area contributed by atoms with Crippen LogP contribution in [0.1, 0.15) is 30.9 Å². The number of nitrogens with zero attached hydrogens (tertiary/aromatic N) is 2. The number of benzene rings is 3. The van der Waals surface area contributed by atoms with Crippen LogP contribution < -0.4 is 9.62 Å². The zero-order valence-corrected chi connectivity index (χ0v) is 26.5. The summed E-state index contributed by atoms with van der Waals surface area (Å²) in [6.45, 7) is 1.67. The van der Waals surface area contributed by atoms with Crippen molar-refractivity contribution in [2.24, 2.45) is 0 Å². The summed E-state index contributed by atoms with van der Waals surface area (Å²) in [6, 6.07) is 17.4. The molecule has 0 saturated heterocycles. The van der Waals surface area contributed by atoms with Gasteiger partial charge in [-0.05, 0) is 42.3 Å². The van der Waals surface area contributed by atoms with Gasteiger partial charge in [0, 0.05) is 45.2 Å². The van der Waals surface area contributed by atoms with Crippen LogP contribution in [0.15, 0.2) is 66.7 Å². The molecule has 0 aromatic heterocycles. The fourth-order valence-electron chi connectivity index (χ4n) is 4.21. The van der Waals surface area contributed by atoms with Gasteiger partial charge in [-0.25, -0.2) is 8.42 Å². The maximum absolute atomic E-state index is 14.1. The van der Waals surface area contributed by atoms with Gasteiger partial charge in [-0.1, -0.05) is 96.1 Å². The van der Waals surface area contributed by atoms with Crippen molar-refractivity contribution in [1.82, 2.24) is 10.2 Å². The summed E-state index contributed by atoms with van der Waals surface area (Å²) in [4.78, 5) is 29.1. The van der Waals surface area contributed by atoms with Crippen LogP contribution in [0.4, 0.5) is 5.69 Å². The van der Waals surface area contributed by atoms with Crippen molar-refractivity contribution in [1.29, 1.82) is 0 Å². The Labute approximate surface area is 261 Å². The lowest BCUT2D eigenvalue weighted by atomic mass is 10.0. The molecule has 0 saturated carbocycles. The number of amides is 2. The molecule has 12 heteroatoms. The topological polar surface area (TPSA) is 86.8 Å². The van der Waals surface area contributed by atoms with E-state index < -0.39 is 28.5 Å². The maximum Gasteiger partial charge on any atom is 0.244 e. The van der Waals surface area contributed by atoms with E-state index >= 15 is 0 Å². The fourth-order valence-corrected chi connectivity index (χ4v) is 6.08. The van der Waals surface area contributed by atoms with Gasteiger partial charge in [-0.3, -0.25) is 13.9 Å². The van der Waals surface area contributed by atoms with Gasteiger partial charge in [0.05, 0.1) is 11.9 Å². The van der Waals surface area contributed by atoms with Crippen LogP contribution in [-0.2, 0) is 32.6 Å². The van der Waals surface area contributed by atoms with Gasteiger partial charge >= 0.3 is 0 Å². The van der Waals surface area contributed by atoms with Crippen molar-refractivity contribution in [3.63, 3.8) is 0 Å². The summed E-state index contributed by atoms with van der Waals surface area (Å²) in [6.07, 6.45) is 2.77. The largest absolute Gasteiger partial charge is 0.354 e. The predicted octanol–water partition coefficient (Wildman–Crippen LogP) is 6.62. The van der Waals surface area contributed by atoms with Gasteiger partial charge in [0.15, 0.2) is 0 Å². The SMILES string of the molecule is CCCCNC(=O)C(Cc1ccccc1)N(Cc1c(Cl)cccc1Cl)C(=O)CN(c1cc(Cl)cc(Cl)c1)S(C)(=O)=O. The van der Waals surface area contributed by atoms with E-state index in [1.54, 1.807) is 18.2 Å². The highest BCUT2D eigenvalue weighted by Crippen LogP contribution is 2.29. The first-order valence-electron chi connectivity index (χ1n) is 12.9. The molecular weight excluding hydrogens is 628 g/mol. The van der Waals surface area contributed by atoms with E-state index in [4.69, 9.17) is 46.4 Å². The average molecular weight is 659 g/mol. The Morgan fingerprint density at radius 1 is 0.902 bits per heavy atom. The molecule has 0 spiro atoms. The minimum absolute atomic E-state index is 0.112. The summed E-state index contributed by atoms with van der Waals surface area (Å²) in [7, 11) is -3.98. The Bertz CT molecular complexity index is 1430. The Hall–Kier alpha value is -2.49. The molecule has 7 nitrogen and oxygen atoms in total. The molecule has 0 fully saturated rings. The van der Waals surface area contributed by atoms with Crippen LogP contribution in [0.3, 0.4) is 0 Å². The van der Waals surface area contributed by atoms with Gasteiger partial charge in [-0.15, -0.1) is 0 Å². The lowest BCUT2D eigenvalue weighted by molar-refractivity contribution is -0.140. The molecule has 0 aliphatic heterocycles. The number of nitrogens with one attached hydrogen (secondary N) is 1. The third kappa shape index (κ3) is 9.51. The molecule has 0 aliphatic rings. The number of hydrogen-bond acceptors (Lipinski definition) is 4. The number of carbonyl (C=O) groups is 2. The lowest BCUT2D eigenvalue weighted by Crippen LogP contribution is -2.53.